The molecule has 94 valence electrons. The molecular weight excluding hydrogens is 196 g/mol. The van der Waals surface area contributed by atoms with Gasteiger partial charge in [-0.2, -0.15) is 0 Å². The molecule has 0 saturated heterocycles. The normalized spacial score (nSPS) is 37.7. The Hall–Kier alpha value is -0.340. The Morgan fingerprint density at radius 2 is 1.56 bits per heavy atom. The lowest BCUT2D eigenvalue weighted by Crippen LogP contribution is -2.63. The van der Waals surface area contributed by atoms with E-state index in [0.717, 1.165) is 0 Å². The van der Waals surface area contributed by atoms with Gasteiger partial charge in [-0.15, -0.1) is 0 Å². The van der Waals surface area contributed by atoms with Crippen LogP contribution < -0.4 is 11.5 Å². The lowest BCUT2D eigenvalue weighted by atomic mass is 9.50. The summed E-state index contributed by atoms with van der Waals surface area (Å²) in [4.78, 5) is 0. The first kappa shape index (κ1) is 13.7. The van der Waals surface area contributed by atoms with E-state index in [1.165, 1.54) is 11.1 Å². The Kier molecular flexibility index (Phi) is 3.07. The zero-order valence-electron chi connectivity index (χ0n) is 11.9. The maximum atomic E-state index is 6.61. The van der Waals surface area contributed by atoms with Gasteiger partial charge in [0.25, 0.3) is 0 Å². The maximum absolute atomic E-state index is 6.61. The summed E-state index contributed by atoms with van der Waals surface area (Å²) in [6.07, 6.45) is 0. The van der Waals surface area contributed by atoms with Gasteiger partial charge in [0, 0.05) is 17.5 Å². The molecule has 0 radical (unpaired) electrons. The van der Waals surface area contributed by atoms with Crippen molar-refractivity contribution in [2.24, 2.45) is 28.2 Å². The minimum absolute atomic E-state index is 0.0270. The molecule has 16 heavy (non-hydrogen) atoms. The van der Waals surface area contributed by atoms with Crippen LogP contribution in [0.2, 0.25) is 0 Å². The fourth-order valence-corrected chi connectivity index (χ4v) is 3.21. The van der Waals surface area contributed by atoms with Crippen LogP contribution in [-0.2, 0) is 0 Å². The van der Waals surface area contributed by atoms with Crippen LogP contribution in [0.15, 0.2) is 11.1 Å². The summed E-state index contributed by atoms with van der Waals surface area (Å²) in [5, 5.41) is 0. The first-order valence-corrected chi connectivity index (χ1v) is 6.21. The van der Waals surface area contributed by atoms with Crippen LogP contribution in [0.5, 0.6) is 0 Å². The fourth-order valence-electron chi connectivity index (χ4n) is 3.21. The first-order valence-electron chi connectivity index (χ1n) is 6.21. The zero-order chi connectivity index (χ0) is 12.9. The van der Waals surface area contributed by atoms with Crippen LogP contribution in [0.1, 0.15) is 48.5 Å². The van der Waals surface area contributed by atoms with Gasteiger partial charge in [0.2, 0.25) is 0 Å². The smallest absolute Gasteiger partial charge is 0.0249 e. The van der Waals surface area contributed by atoms with Gasteiger partial charge in [-0.1, -0.05) is 40.2 Å². The van der Waals surface area contributed by atoms with Crippen LogP contribution in [0.25, 0.3) is 0 Å². The summed E-state index contributed by atoms with van der Waals surface area (Å²) in [5.74, 6) is 0.435. The Labute approximate surface area is 100 Å². The molecule has 0 amide bonds. The predicted molar refractivity (Wildman–Crippen MR) is 71.1 cm³/mol. The van der Waals surface area contributed by atoms with Gasteiger partial charge in [0.1, 0.15) is 0 Å². The SMILES string of the molecule is CC1=C(CN)C(C)(C)C(C)(N)C(C)C1(C)C. The Morgan fingerprint density at radius 3 is 1.94 bits per heavy atom. The molecule has 0 bridgehead atoms. The van der Waals surface area contributed by atoms with Gasteiger partial charge < -0.3 is 11.5 Å². The Bertz CT molecular complexity index is 322. The predicted octanol–water partition coefficient (Wildman–Crippen LogP) is 2.68. The van der Waals surface area contributed by atoms with E-state index in [1.54, 1.807) is 0 Å². The number of allylic oxidation sites excluding steroid dienone is 1. The molecule has 2 atom stereocenters. The molecule has 0 fully saturated rings. The molecule has 1 aliphatic rings. The van der Waals surface area contributed by atoms with Crippen molar-refractivity contribution in [3.05, 3.63) is 11.1 Å². The number of hydrogen-bond acceptors (Lipinski definition) is 2. The summed E-state index contributed by atoms with van der Waals surface area (Å²) in [5.41, 5.74) is 15.2. The number of hydrogen-bond donors (Lipinski definition) is 2. The second-order valence-electron chi connectivity index (χ2n) is 6.66. The third-order valence-corrected chi connectivity index (χ3v) is 5.71. The molecule has 0 aromatic carbocycles. The van der Waals surface area contributed by atoms with Crippen molar-refractivity contribution in [2.75, 3.05) is 6.54 Å². The van der Waals surface area contributed by atoms with Crippen molar-refractivity contribution in [2.45, 2.75) is 54.0 Å². The molecule has 2 nitrogen and oxygen atoms in total. The van der Waals surface area contributed by atoms with Gasteiger partial charge in [-0.05, 0) is 30.8 Å². The van der Waals surface area contributed by atoms with Crippen LogP contribution >= 0.6 is 0 Å². The highest BCUT2D eigenvalue weighted by Crippen LogP contribution is 2.55. The van der Waals surface area contributed by atoms with Crippen molar-refractivity contribution in [1.82, 2.24) is 0 Å². The lowest BCUT2D eigenvalue weighted by molar-refractivity contribution is 0.0584. The third-order valence-electron chi connectivity index (χ3n) is 5.71. The van der Waals surface area contributed by atoms with Crippen molar-refractivity contribution in [3.63, 3.8) is 0 Å². The average Bonchev–Trinajstić information content (AvgIpc) is 2.15. The van der Waals surface area contributed by atoms with Gasteiger partial charge in [-0.25, -0.2) is 0 Å². The summed E-state index contributed by atoms with van der Waals surface area (Å²) >= 11 is 0. The zero-order valence-corrected chi connectivity index (χ0v) is 11.9. The highest BCUT2D eigenvalue weighted by Gasteiger charge is 2.54. The molecule has 0 heterocycles. The van der Waals surface area contributed by atoms with Gasteiger partial charge in [-0.3, -0.25) is 0 Å². The Balaban J connectivity index is 3.51. The lowest BCUT2D eigenvalue weighted by Gasteiger charge is -2.58. The molecule has 1 rings (SSSR count). The second kappa shape index (κ2) is 3.58. The van der Waals surface area contributed by atoms with Gasteiger partial charge >= 0.3 is 0 Å². The topological polar surface area (TPSA) is 52.0 Å². The maximum Gasteiger partial charge on any atom is 0.0249 e. The van der Waals surface area contributed by atoms with E-state index in [4.69, 9.17) is 11.5 Å². The Morgan fingerprint density at radius 1 is 1.12 bits per heavy atom. The fraction of sp³-hybridized carbons (Fsp3) is 0.857. The van der Waals surface area contributed by atoms with Crippen LogP contribution in [-0.4, -0.2) is 12.1 Å². The standard InChI is InChI=1S/C14H28N2/c1-9-11(8-15)13(5,6)14(7,16)10(2)12(9,3)4/h10H,8,15-16H2,1-7H3. The minimum Gasteiger partial charge on any atom is -0.327 e. The third kappa shape index (κ3) is 1.46. The molecule has 2 unspecified atom stereocenters. The monoisotopic (exact) mass is 224 g/mol. The minimum atomic E-state index is -0.218. The van der Waals surface area contributed by atoms with Crippen LogP contribution in [0.3, 0.4) is 0 Å². The molecule has 0 aromatic rings. The molecule has 0 aromatic heterocycles. The van der Waals surface area contributed by atoms with Crippen molar-refractivity contribution in [1.29, 1.82) is 0 Å². The summed E-state index contributed by atoms with van der Waals surface area (Å²) < 4.78 is 0. The molecule has 0 saturated carbocycles. The van der Waals surface area contributed by atoms with E-state index in [0.29, 0.717) is 12.5 Å². The highest BCUT2D eigenvalue weighted by molar-refractivity contribution is 5.35. The molecular formula is C14H28N2. The van der Waals surface area contributed by atoms with E-state index in [1.807, 2.05) is 0 Å². The van der Waals surface area contributed by atoms with Crippen molar-refractivity contribution < 1.29 is 0 Å². The van der Waals surface area contributed by atoms with E-state index in [9.17, 15) is 0 Å². The molecule has 0 spiro atoms. The summed E-state index contributed by atoms with van der Waals surface area (Å²) in [6.45, 7) is 16.3. The quantitative estimate of drug-likeness (QED) is 0.673. The highest BCUT2D eigenvalue weighted by atomic mass is 14.8. The second-order valence-corrected chi connectivity index (χ2v) is 6.66. The van der Waals surface area contributed by atoms with E-state index < -0.39 is 0 Å². The van der Waals surface area contributed by atoms with Crippen LogP contribution in [0, 0.1) is 16.7 Å². The van der Waals surface area contributed by atoms with E-state index in [2.05, 4.69) is 48.5 Å². The largest absolute Gasteiger partial charge is 0.327 e. The van der Waals surface area contributed by atoms with E-state index in [-0.39, 0.29) is 16.4 Å². The molecule has 0 aliphatic heterocycles. The van der Waals surface area contributed by atoms with Crippen LogP contribution in [0.4, 0.5) is 0 Å². The van der Waals surface area contributed by atoms with Crippen molar-refractivity contribution in [3.8, 4) is 0 Å². The van der Waals surface area contributed by atoms with E-state index >= 15 is 0 Å². The summed E-state index contributed by atoms with van der Waals surface area (Å²) in [7, 11) is 0. The molecule has 2 heteroatoms. The van der Waals surface area contributed by atoms with Gasteiger partial charge in [0.15, 0.2) is 0 Å². The number of rotatable bonds is 1. The summed E-state index contributed by atoms with van der Waals surface area (Å²) in [6, 6.07) is 0. The average molecular weight is 224 g/mol. The van der Waals surface area contributed by atoms with Crippen molar-refractivity contribution >= 4 is 0 Å². The first-order chi connectivity index (χ1) is 7.01. The van der Waals surface area contributed by atoms with Gasteiger partial charge in [0.05, 0.1) is 0 Å². The molecule has 1 aliphatic carbocycles. The number of nitrogens with two attached hydrogens (primary N) is 2. The molecule has 4 N–H and O–H groups in total.